The van der Waals surface area contributed by atoms with Gasteiger partial charge in [0.15, 0.2) is 11.2 Å². The summed E-state index contributed by atoms with van der Waals surface area (Å²) in [5.41, 5.74) is 28.2. The third-order valence-electron chi connectivity index (χ3n) is 21.6. The molecule has 0 N–H and O–H groups in total. The summed E-state index contributed by atoms with van der Waals surface area (Å²) in [5, 5.41) is 11.3. The van der Waals surface area contributed by atoms with Crippen molar-refractivity contribution in [3.05, 3.63) is 338 Å². The molecule has 0 saturated heterocycles. The highest BCUT2D eigenvalue weighted by molar-refractivity contribution is 6.17. The van der Waals surface area contributed by atoms with Crippen LogP contribution >= 0.6 is 0 Å². The SMILES string of the molecule is CC1(C)c2ccccc2-c2ccc(N(c3ccc(-c4cccc5c4oc4ccccc45)c4ccccc34)c3cccc4c3oc3ccccc34)cc21.CC1(C)c2ccccc2-c2ccc(N(c3ccc(-c4cccc5c4oc4ccccc45)cc3)c3cccc4c3oc3ccccc34)cc21. The monoisotopic (exact) mass is 1280 g/mol. The largest absolute Gasteiger partial charge is 0.455 e. The Labute approximate surface area is 577 Å². The van der Waals surface area contributed by atoms with Crippen LogP contribution in [0.25, 0.3) is 143 Å². The molecule has 0 bridgehead atoms. The summed E-state index contributed by atoms with van der Waals surface area (Å²) in [4.78, 5) is 4.74. The second-order valence-corrected chi connectivity index (χ2v) is 27.8. The van der Waals surface area contributed by atoms with E-state index < -0.39 is 0 Å². The summed E-state index contributed by atoms with van der Waals surface area (Å²) in [7, 11) is 0. The highest BCUT2D eigenvalue weighted by Crippen LogP contribution is 2.55. The zero-order valence-corrected chi connectivity index (χ0v) is 55.5. The number of hydrogen-bond acceptors (Lipinski definition) is 6. The molecule has 15 aromatic carbocycles. The van der Waals surface area contributed by atoms with Crippen molar-refractivity contribution in [2.75, 3.05) is 9.80 Å². The normalized spacial score (nSPS) is 13.4. The van der Waals surface area contributed by atoms with Crippen molar-refractivity contribution in [2.24, 2.45) is 0 Å². The van der Waals surface area contributed by atoms with Crippen LogP contribution in [-0.2, 0) is 10.8 Å². The molecule has 19 aromatic rings. The van der Waals surface area contributed by atoms with Crippen molar-refractivity contribution in [1.29, 1.82) is 0 Å². The van der Waals surface area contributed by atoms with Gasteiger partial charge in [-0.2, -0.15) is 0 Å². The van der Waals surface area contributed by atoms with E-state index in [0.29, 0.717) is 0 Å². The number of rotatable bonds is 8. The number of furan rings is 4. The van der Waals surface area contributed by atoms with Crippen molar-refractivity contribution in [3.63, 3.8) is 0 Å². The van der Waals surface area contributed by atoms with Crippen LogP contribution in [0.2, 0.25) is 0 Å². The fourth-order valence-electron chi connectivity index (χ4n) is 16.8. The maximum atomic E-state index is 6.72. The first kappa shape index (κ1) is 57.6. The molecule has 2 aliphatic rings. The molecule has 21 rings (SSSR count). The molecular formula is C94H64N2O4. The van der Waals surface area contributed by atoms with Crippen LogP contribution < -0.4 is 9.80 Å². The van der Waals surface area contributed by atoms with Gasteiger partial charge in [0, 0.05) is 87.5 Å². The van der Waals surface area contributed by atoms with Crippen LogP contribution in [0, 0.1) is 0 Å². The van der Waals surface area contributed by atoms with Crippen LogP contribution in [0.5, 0.6) is 0 Å². The Morgan fingerprint density at radius 3 is 1.06 bits per heavy atom. The number of para-hydroxylation sites is 8. The van der Waals surface area contributed by atoms with Gasteiger partial charge in [-0.25, -0.2) is 0 Å². The lowest BCUT2D eigenvalue weighted by Gasteiger charge is -2.29. The van der Waals surface area contributed by atoms with E-state index in [-0.39, 0.29) is 10.8 Å². The summed E-state index contributed by atoms with van der Waals surface area (Å²) in [6.45, 7) is 9.35. The topological polar surface area (TPSA) is 59.0 Å². The summed E-state index contributed by atoms with van der Waals surface area (Å²) in [5.74, 6) is 0. The lowest BCUT2D eigenvalue weighted by Crippen LogP contribution is -2.16. The van der Waals surface area contributed by atoms with Gasteiger partial charge in [0.25, 0.3) is 0 Å². The van der Waals surface area contributed by atoms with E-state index in [0.717, 1.165) is 155 Å². The summed E-state index contributed by atoms with van der Waals surface area (Å²) >= 11 is 0. The molecule has 0 saturated carbocycles. The molecule has 0 atom stereocenters. The van der Waals surface area contributed by atoms with E-state index >= 15 is 0 Å². The number of hydrogen-bond donors (Lipinski definition) is 0. The van der Waals surface area contributed by atoms with Gasteiger partial charge in [0.1, 0.15) is 33.5 Å². The second-order valence-electron chi connectivity index (χ2n) is 27.8. The van der Waals surface area contributed by atoms with Crippen molar-refractivity contribution in [2.45, 2.75) is 38.5 Å². The maximum Gasteiger partial charge on any atom is 0.159 e. The van der Waals surface area contributed by atoms with Gasteiger partial charge >= 0.3 is 0 Å². The first-order chi connectivity index (χ1) is 49.1. The molecule has 474 valence electrons. The predicted octanol–water partition coefficient (Wildman–Crippen LogP) is 27.0. The van der Waals surface area contributed by atoms with Gasteiger partial charge in [-0.1, -0.05) is 264 Å². The lowest BCUT2D eigenvalue weighted by molar-refractivity contribution is 0.660. The smallest absolute Gasteiger partial charge is 0.159 e. The van der Waals surface area contributed by atoms with Crippen LogP contribution in [0.1, 0.15) is 49.9 Å². The molecule has 6 heteroatoms. The molecular weight excluding hydrogens is 1220 g/mol. The number of anilines is 6. The second kappa shape index (κ2) is 21.9. The van der Waals surface area contributed by atoms with E-state index in [1.54, 1.807) is 0 Å². The number of benzene rings is 15. The molecule has 0 radical (unpaired) electrons. The van der Waals surface area contributed by atoms with E-state index in [2.05, 4.69) is 310 Å². The van der Waals surface area contributed by atoms with Crippen molar-refractivity contribution in [3.8, 4) is 44.5 Å². The van der Waals surface area contributed by atoms with Gasteiger partial charge < -0.3 is 27.5 Å². The molecule has 4 heterocycles. The summed E-state index contributed by atoms with van der Waals surface area (Å²) < 4.78 is 26.3. The Kier molecular flexibility index (Phi) is 12.6. The lowest BCUT2D eigenvalue weighted by atomic mass is 9.82. The quantitative estimate of drug-likeness (QED) is 0.151. The third kappa shape index (κ3) is 8.63. The first-order valence-electron chi connectivity index (χ1n) is 34.5. The molecule has 6 nitrogen and oxygen atoms in total. The Balaban J connectivity index is 0.000000135. The molecule has 0 unspecified atom stereocenters. The predicted molar refractivity (Wildman–Crippen MR) is 415 cm³/mol. The average molecular weight is 1290 g/mol. The highest BCUT2D eigenvalue weighted by atomic mass is 16.3. The van der Waals surface area contributed by atoms with E-state index in [9.17, 15) is 0 Å². The first-order valence-corrected chi connectivity index (χ1v) is 34.5. The van der Waals surface area contributed by atoms with Gasteiger partial charge in [-0.05, 0) is 140 Å². The summed E-state index contributed by atoms with van der Waals surface area (Å²) in [6.07, 6.45) is 0. The molecule has 100 heavy (non-hydrogen) atoms. The zero-order valence-electron chi connectivity index (χ0n) is 55.5. The number of fused-ring (bicyclic) bond motifs is 19. The van der Waals surface area contributed by atoms with Gasteiger partial charge in [-0.3, -0.25) is 0 Å². The van der Waals surface area contributed by atoms with Crippen LogP contribution in [-0.4, -0.2) is 0 Å². The fraction of sp³-hybridized carbons (Fsp3) is 0.0638. The van der Waals surface area contributed by atoms with Gasteiger partial charge in [-0.15, -0.1) is 0 Å². The molecule has 0 aliphatic heterocycles. The van der Waals surface area contributed by atoms with E-state index in [1.165, 1.54) is 44.5 Å². The Morgan fingerprint density at radius 2 is 0.550 bits per heavy atom. The van der Waals surface area contributed by atoms with Crippen molar-refractivity contribution >= 4 is 133 Å². The molecule has 0 fully saturated rings. The molecule has 0 spiro atoms. The standard InChI is InChI=1S/C49H33NO2.C45H31NO2/c1-49(2)41-21-8-5-14-33(41)34-26-25-30(29-42(34)49)50(44-22-12-20-40-37-17-7-10-24-46(37)52-48(40)44)43-28-27-32(31-13-3-4-15-35(31)43)38-18-11-19-39-36-16-6-9-23-45(36)51-47(38)39;1-45(2)38-17-6-3-11-32(38)33-26-25-30(27-39(33)45)46(40-18-10-16-37-35-13-5-8-20-42(35)48-44(37)40)29-23-21-28(22-24-29)31-14-9-15-36-34-12-4-7-19-41(34)47-43(31)36/h3-29H,1-2H3;3-27H,1-2H3. The minimum absolute atomic E-state index is 0.117. The third-order valence-corrected chi connectivity index (χ3v) is 21.6. The maximum absolute atomic E-state index is 6.72. The van der Waals surface area contributed by atoms with Crippen molar-refractivity contribution < 1.29 is 17.7 Å². The van der Waals surface area contributed by atoms with E-state index in [4.69, 9.17) is 17.7 Å². The average Bonchev–Trinajstić information content (AvgIpc) is 1.51. The molecule has 2 aliphatic carbocycles. The Morgan fingerprint density at radius 1 is 0.210 bits per heavy atom. The van der Waals surface area contributed by atoms with E-state index in [1.807, 2.05) is 42.5 Å². The number of nitrogens with zero attached hydrogens (tertiary/aromatic N) is 2. The Hall–Kier alpha value is -12.6. The molecule has 0 amide bonds. The van der Waals surface area contributed by atoms with Gasteiger partial charge in [0.2, 0.25) is 0 Å². The van der Waals surface area contributed by atoms with Crippen LogP contribution in [0.15, 0.2) is 333 Å². The molecule has 4 aromatic heterocycles. The zero-order chi connectivity index (χ0) is 66.5. The summed E-state index contributed by atoms with van der Waals surface area (Å²) in [6, 6.07) is 113. The van der Waals surface area contributed by atoms with Crippen LogP contribution in [0.4, 0.5) is 34.1 Å². The highest BCUT2D eigenvalue weighted by Gasteiger charge is 2.38. The van der Waals surface area contributed by atoms with Gasteiger partial charge in [0.05, 0.1) is 17.1 Å². The minimum Gasteiger partial charge on any atom is -0.455 e. The Bertz CT molecular complexity index is 6570. The van der Waals surface area contributed by atoms with Crippen LogP contribution in [0.3, 0.4) is 0 Å². The minimum atomic E-state index is -0.143. The fourth-order valence-corrected chi connectivity index (χ4v) is 16.8. The van der Waals surface area contributed by atoms with Crippen molar-refractivity contribution in [1.82, 2.24) is 0 Å².